The molecule has 2 radical (unpaired) electrons. The molecule has 0 saturated carbocycles. The summed E-state index contributed by atoms with van der Waals surface area (Å²) in [5.74, 6) is 0. The van der Waals surface area contributed by atoms with Crippen LogP contribution in [0, 0.1) is 26.6 Å². The minimum absolute atomic E-state index is 0. The van der Waals surface area contributed by atoms with E-state index in [4.69, 9.17) is 18.6 Å². The molecular formula is C46H44O4P2Ru2S2. The van der Waals surface area contributed by atoms with Crippen molar-refractivity contribution in [3.63, 3.8) is 0 Å². The summed E-state index contributed by atoms with van der Waals surface area (Å²) in [5, 5.41) is 9.22. The molecule has 4 nitrogen and oxygen atoms in total. The largest absolute Gasteiger partial charge is 1.00 e. The van der Waals surface area contributed by atoms with Crippen molar-refractivity contribution in [3.05, 3.63) is 209 Å². The first-order chi connectivity index (χ1) is 26.4. The molecule has 0 N–H and O–H groups in total. The van der Waals surface area contributed by atoms with Crippen LogP contribution in [0.1, 0.15) is 27.7 Å². The van der Waals surface area contributed by atoms with Crippen molar-refractivity contribution in [1.82, 2.24) is 0 Å². The molecule has 0 aliphatic heterocycles. The zero-order valence-electron chi connectivity index (χ0n) is 31.5. The molecule has 0 aromatic heterocycles. The molecule has 0 amide bonds. The van der Waals surface area contributed by atoms with E-state index in [1.165, 1.54) is 31.8 Å². The van der Waals surface area contributed by atoms with Crippen molar-refractivity contribution < 1.29 is 57.6 Å². The number of hydrogen-bond acceptors (Lipinski definition) is 2. The first-order valence-corrected chi connectivity index (χ1v) is 20.0. The Kier molecular flexibility index (Phi) is 44.5. The molecule has 0 bridgehead atoms. The minimum Gasteiger partial charge on any atom is -0.0622 e. The Morgan fingerprint density at radius 2 is 0.393 bits per heavy atom. The maximum Gasteiger partial charge on any atom is 1.00 e. The summed E-state index contributed by atoms with van der Waals surface area (Å²) >= 11 is 9.24. The molecule has 6 aromatic carbocycles. The first-order valence-electron chi connectivity index (χ1n) is 16.4. The molecule has 0 saturated heterocycles. The maximum absolute atomic E-state index is 7.50. The van der Waals surface area contributed by atoms with E-state index in [0.717, 1.165) is 0 Å². The molecule has 6 rings (SSSR count). The molecule has 0 spiro atoms. The van der Waals surface area contributed by atoms with E-state index in [2.05, 4.69) is 234 Å². The molecule has 0 aliphatic carbocycles. The molecule has 0 atom stereocenters. The van der Waals surface area contributed by atoms with Crippen molar-refractivity contribution in [1.29, 1.82) is 0 Å². The van der Waals surface area contributed by atoms with Gasteiger partial charge in [-0.15, -0.1) is 0 Å². The van der Waals surface area contributed by atoms with Crippen molar-refractivity contribution in [2.24, 2.45) is 0 Å². The van der Waals surface area contributed by atoms with Crippen LogP contribution in [0.5, 0.6) is 0 Å². The Balaban J connectivity index is -0.000000344. The third-order valence-corrected chi connectivity index (χ3v) is 11.0. The molecule has 10 heteroatoms. The predicted molar refractivity (Wildman–Crippen MR) is 231 cm³/mol. The van der Waals surface area contributed by atoms with Crippen LogP contribution < -0.4 is 31.8 Å². The molecule has 0 fully saturated rings. The average Bonchev–Trinajstić information content (AvgIpc) is 3.23. The van der Waals surface area contributed by atoms with Crippen molar-refractivity contribution in [3.8, 4) is 0 Å². The quantitative estimate of drug-likeness (QED) is 0.0552. The summed E-state index contributed by atoms with van der Waals surface area (Å²) in [6.07, 6.45) is 0. The normalized spacial score (nSPS) is 8.61. The van der Waals surface area contributed by atoms with Crippen molar-refractivity contribution in [2.45, 2.75) is 38.2 Å². The second kappa shape index (κ2) is 41.7. The van der Waals surface area contributed by atoms with Gasteiger partial charge < -0.3 is 25.3 Å². The van der Waals surface area contributed by atoms with Crippen molar-refractivity contribution >= 4 is 72.9 Å². The monoisotopic (exact) mass is 990 g/mol. The van der Waals surface area contributed by atoms with Gasteiger partial charge in [0.25, 0.3) is 0 Å². The average molecular weight is 989 g/mol. The molecule has 56 heavy (non-hydrogen) atoms. The number of benzene rings is 6. The van der Waals surface area contributed by atoms with Gasteiger partial charge in [-0.2, -0.15) is 10.5 Å². The Bertz CT molecular complexity index is 1460. The topological polar surface area (TPSA) is 79.6 Å². The van der Waals surface area contributed by atoms with Gasteiger partial charge in [0.05, 0.1) is 0 Å². The minimum atomic E-state index is -0.446. The standard InChI is InChI=1S/2C18H15P.2C3H8S.4CO.2Ru/c2*1-4-10-16(11-5-1)19(17-12-6-2-7-13-17)18-14-8-3-9-15-18;2*1-3(2)4;4*1-2;;/h2*1-15H;2*3-4H,1-2H3;;;;;;/q;;;;;;;;2*+1/p-2. The first kappa shape index (κ1) is 59.8. The van der Waals surface area contributed by atoms with E-state index in [9.17, 15) is 0 Å². The van der Waals surface area contributed by atoms with Crippen LogP contribution >= 0.6 is 15.8 Å². The number of hydrogen-bond donors (Lipinski definition) is 0. The summed E-state index contributed by atoms with van der Waals surface area (Å²) in [6, 6.07) is 64.7. The van der Waals surface area contributed by atoms with Crippen LogP contribution in [-0.4, -0.2) is 10.5 Å². The zero-order valence-corrected chi connectivity index (χ0v) is 38.4. The Morgan fingerprint density at radius 1 is 0.304 bits per heavy atom. The van der Waals surface area contributed by atoms with Gasteiger partial charge >= 0.3 is 84.2 Å². The molecule has 0 aliphatic rings. The Morgan fingerprint density at radius 3 is 0.482 bits per heavy atom. The smallest absolute Gasteiger partial charge is 0.0622 e. The molecule has 6 aromatic rings. The molecule has 0 heterocycles. The van der Waals surface area contributed by atoms with E-state index in [-0.39, 0.29) is 39.0 Å². The summed E-state index contributed by atoms with van der Waals surface area (Å²) in [4.78, 5) is 0. The maximum atomic E-state index is 7.50. The number of rotatable bonds is 6. The van der Waals surface area contributed by atoms with Gasteiger partial charge in [0.2, 0.25) is 0 Å². The van der Waals surface area contributed by atoms with Crippen LogP contribution in [0.25, 0.3) is 0 Å². The zero-order chi connectivity index (χ0) is 41.0. The van der Waals surface area contributed by atoms with Crippen LogP contribution in [0.3, 0.4) is 0 Å². The van der Waals surface area contributed by atoms with Gasteiger partial charge in [0.1, 0.15) is 0 Å². The Labute approximate surface area is 374 Å². The molecule has 0 unspecified atom stereocenters. The van der Waals surface area contributed by atoms with Gasteiger partial charge in [-0.05, 0) is 47.7 Å². The van der Waals surface area contributed by atoms with E-state index in [0.29, 0.717) is 10.5 Å². The fourth-order valence-electron chi connectivity index (χ4n) is 4.36. The van der Waals surface area contributed by atoms with Crippen LogP contribution in [-0.2, 0) is 82.8 Å². The van der Waals surface area contributed by atoms with Crippen LogP contribution in [0.15, 0.2) is 182 Å². The second-order valence-corrected chi connectivity index (χ2v) is 17.1. The van der Waals surface area contributed by atoms with Crippen LogP contribution in [0.2, 0.25) is 0 Å². The summed E-state index contributed by atoms with van der Waals surface area (Å²) in [7, 11) is -0.892. The van der Waals surface area contributed by atoms with E-state index in [1.807, 2.05) is 27.7 Å². The predicted octanol–water partition coefficient (Wildman–Crippen LogP) is 8.62. The second-order valence-electron chi connectivity index (χ2n) is 10.8. The fraction of sp³-hybridized carbons (Fsp3) is 0.130. The van der Waals surface area contributed by atoms with Gasteiger partial charge in [-0.25, -0.2) is 0 Å². The summed E-state index contributed by atoms with van der Waals surface area (Å²) in [6.45, 7) is 25.9. The van der Waals surface area contributed by atoms with E-state index >= 15 is 0 Å². The van der Waals surface area contributed by atoms with Crippen LogP contribution in [0.4, 0.5) is 0 Å². The molecular weight excluding hydrogens is 945 g/mol. The third-order valence-electron chi connectivity index (χ3n) is 6.09. The summed E-state index contributed by atoms with van der Waals surface area (Å²) in [5.41, 5.74) is 0. The van der Waals surface area contributed by atoms with Gasteiger partial charge in [0, 0.05) is 0 Å². The summed E-state index contributed by atoms with van der Waals surface area (Å²) < 4.78 is 30.0. The fourth-order valence-corrected chi connectivity index (χ4v) is 8.97. The SMILES string of the molecule is CC(C)[S-].CC(C)[S-].[C-]#[O+].[C-]#[O+].[C-]#[O+].[C-]#[O+].[Ru+].[Ru+].c1ccc(P(c2ccccc2)c2ccccc2)cc1.c1ccc(P(c2ccccc2)c2ccccc2)cc1. The van der Waals surface area contributed by atoms with E-state index in [1.54, 1.807) is 0 Å². The van der Waals surface area contributed by atoms with Gasteiger partial charge in [0.15, 0.2) is 0 Å². The van der Waals surface area contributed by atoms with Gasteiger partial charge in [-0.3, -0.25) is 0 Å². The molecule has 290 valence electrons. The Hall–Kier alpha value is -2.91. The van der Waals surface area contributed by atoms with Gasteiger partial charge in [-0.1, -0.05) is 210 Å². The van der Waals surface area contributed by atoms with E-state index < -0.39 is 15.8 Å². The van der Waals surface area contributed by atoms with Crippen molar-refractivity contribution in [2.75, 3.05) is 0 Å². The third kappa shape index (κ3) is 26.9.